The Morgan fingerprint density at radius 1 is 1.43 bits per heavy atom. The molecule has 2 aromatic rings. The number of carbonyl (C=O) groups is 1. The minimum Gasteiger partial charge on any atom is -0.336 e. The maximum atomic E-state index is 12.1. The molecule has 3 rings (SSSR count). The number of rotatable bonds is 2. The van der Waals surface area contributed by atoms with E-state index in [1.165, 1.54) is 0 Å². The molecule has 2 heterocycles. The van der Waals surface area contributed by atoms with Crippen molar-refractivity contribution < 1.29 is 4.79 Å². The summed E-state index contributed by atoms with van der Waals surface area (Å²) in [5.74, 6) is 0.149. The molecule has 1 aromatic heterocycles. The highest BCUT2D eigenvalue weighted by atomic mass is 35.5. The molecule has 1 atom stereocenters. The lowest BCUT2D eigenvalue weighted by Crippen LogP contribution is -2.53. The Morgan fingerprint density at radius 3 is 3.05 bits per heavy atom. The molecule has 1 aliphatic rings. The second kappa shape index (κ2) is 6.60. The van der Waals surface area contributed by atoms with Crippen LogP contribution < -0.4 is 5.32 Å². The molecule has 0 saturated carbocycles. The maximum Gasteiger partial charge on any atom is 0.239 e. The number of benzene rings is 1. The Hall–Kier alpha value is -1.36. The molecule has 1 aromatic carbocycles. The van der Waals surface area contributed by atoms with E-state index in [0.29, 0.717) is 11.6 Å². The quantitative estimate of drug-likeness (QED) is 0.923. The van der Waals surface area contributed by atoms with Gasteiger partial charge in [-0.05, 0) is 24.6 Å². The minimum atomic E-state index is -0.100. The summed E-state index contributed by atoms with van der Waals surface area (Å²) in [7, 11) is 0. The van der Waals surface area contributed by atoms with E-state index >= 15 is 0 Å². The third-order valence-electron chi connectivity index (χ3n) is 3.64. The van der Waals surface area contributed by atoms with Crippen LogP contribution in [0.3, 0.4) is 0 Å². The summed E-state index contributed by atoms with van der Waals surface area (Å²) in [6.45, 7) is 4.10. The van der Waals surface area contributed by atoms with Crippen LogP contribution >= 0.6 is 24.0 Å². The van der Waals surface area contributed by atoms with Gasteiger partial charge >= 0.3 is 0 Å². The van der Waals surface area contributed by atoms with E-state index in [1.807, 2.05) is 30.0 Å². The van der Waals surface area contributed by atoms with Crippen molar-refractivity contribution in [2.24, 2.45) is 0 Å². The Morgan fingerprint density at radius 2 is 2.24 bits per heavy atom. The van der Waals surface area contributed by atoms with Crippen LogP contribution in [-0.4, -0.2) is 34.9 Å². The highest BCUT2D eigenvalue weighted by Crippen LogP contribution is 2.23. The topological polar surface area (TPSA) is 45.2 Å². The van der Waals surface area contributed by atoms with E-state index in [1.54, 1.807) is 12.3 Å². The second-order valence-electron chi connectivity index (χ2n) is 5.08. The molecule has 1 aliphatic heterocycles. The first kappa shape index (κ1) is 16.0. The summed E-state index contributed by atoms with van der Waals surface area (Å²) in [4.78, 5) is 18.3. The van der Waals surface area contributed by atoms with Gasteiger partial charge in [0, 0.05) is 31.2 Å². The van der Waals surface area contributed by atoms with Crippen LogP contribution in [0.4, 0.5) is 0 Å². The average Bonchev–Trinajstić information content (AvgIpc) is 2.44. The zero-order valence-electron chi connectivity index (χ0n) is 11.7. The summed E-state index contributed by atoms with van der Waals surface area (Å²) in [5.41, 5.74) is 1.94. The van der Waals surface area contributed by atoms with Crippen LogP contribution in [0.15, 0.2) is 30.5 Å². The van der Waals surface area contributed by atoms with Crippen molar-refractivity contribution in [1.29, 1.82) is 0 Å². The Bertz CT molecular complexity index is 662. The number of halogens is 2. The molecule has 1 amide bonds. The van der Waals surface area contributed by atoms with Crippen molar-refractivity contribution in [3.8, 4) is 0 Å². The third-order valence-corrected chi connectivity index (χ3v) is 3.97. The summed E-state index contributed by atoms with van der Waals surface area (Å²) in [6, 6.07) is 7.66. The first-order valence-electron chi connectivity index (χ1n) is 6.70. The zero-order valence-corrected chi connectivity index (χ0v) is 13.2. The molecular weight excluding hydrogens is 309 g/mol. The van der Waals surface area contributed by atoms with Gasteiger partial charge in [-0.3, -0.25) is 9.78 Å². The van der Waals surface area contributed by atoms with Crippen LogP contribution in [0.1, 0.15) is 12.5 Å². The number of piperazine rings is 1. The Kier molecular flexibility index (Phi) is 5.04. The Balaban J connectivity index is 0.00000161. The first-order valence-corrected chi connectivity index (χ1v) is 7.08. The summed E-state index contributed by atoms with van der Waals surface area (Å²) in [6.07, 6.45) is 1.70. The van der Waals surface area contributed by atoms with Gasteiger partial charge in [-0.25, -0.2) is 0 Å². The van der Waals surface area contributed by atoms with Gasteiger partial charge in [-0.15, -0.1) is 12.4 Å². The first-order chi connectivity index (χ1) is 9.65. The predicted octanol–water partition coefficient (Wildman–Crippen LogP) is 2.63. The fourth-order valence-electron chi connectivity index (χ4n) is 2.52. The number of nitrogens with one attached hydrogen (secondary N) is 1. The largest absolute Gasteiger partial charge is 0.336 e. The lowest BCUT2D eigenvalue weighted by atomic mass is 10.1. The third kappa shape index (κ3) is 3.28. The monoisotopic (exact) mass is 325 g/mol. The number of nitrogens with zero attached hydrogens (tertiary/aromatic N) is 2. The van der Waals surface area contributed by atoms with E-state index in [0.717, 1.165) is 29.6 Å². The van der Waals surface area contributed by atoms with Crippen LogP contribution in [0.5, 0.6) is 0 Å². The van der Waals surface area contributed by atoms with Gasteiger partial charge in [-0.2, -0.15) is 0 Å². The van der Waals surface area contributed by atoms with Crippen LogP contribution in [0.2, 0.25) is 5.02 Å². The summed E-state index contributed by atoms with van der Waals surface area (Å²) < 4.78 is 0. The second-order valence-corrected chi connectivity index (χ2v) is 5.49. The molecule has 21 heavy (non-hydrogen) atoms. The van der Waals surface area contributed by atoms with Crippen molar-refractivity contribution in [3.63, 3.8) is 0 Å². The molecule has 0 bridgehead atoms. The van der Waals surface area contributed by atoms with Crippen molar-refractivity contribution in [2.45, 2.75) is 19.5 Å². The minimum absolute atomic E-state index is 0. The lowest BCUT2D eigenvalue weighted by Gasteiger charge is -2.31. The van der Waals surface area contributed by atoms with Crippen molar-refractivity contribution in [3.05, 3.63) is 41.0 Å². The summed E-state index contributed by atoms with van der Waals surface area (Å²) >= 11 is 6.13. The number of fused-ring (bicyclic) bond motifs is 1. The molecule has 1 N–H and O–H groups in total. The van der Waals surface area contributed by atoms with E-state index in [9.17, 15) is 4.79 Å². The van der Waals surface area contributed by atoms with Gasteiger partial charge in [0.2, 0.25) is 5.91 Å². The van der Waals surface area contributed by atoms with Gasteiger partial charge in [0.15, 0.2) is 0 Å². The number of amides is 1. The molecule has 0 spiro atoms. The SMILES string of the molecule is CC1NCCN(Cc2ccc3c(Cl)ccnc3c2)C1=O.Cl. The van der Waals surface area contributed by atoms with Gasteiger partial charge < -0.3 is 10.2 Å². The summed E-state index contributed by atoms with van der Waals surface area (Å²) in [5, 5.41) is 4.81. The number of pyridine rings is 1. The fraction of sp³-hybridized carbons (Fsp3) is 0.333. The zero-order chi connectivity index (χ0) is 14.1. The highest BCUT2D eigenvalue weighted by Gasteiger charge is 2.24. The number of hydrogen-bond acceptors (Lipinski definition) is 3. The Labute approximate surface area is 134 Å². The van der Waals surface area contributed by atoms with Gasteiger partial charge in [0.05, 0.1) is 16.6 Å². The highest BCUT2D eigenvalue weighted by molar-refractivity contribution is 6.35. The van der Waals surface area contributed by atoms with Crippen LogP contribution in [0.25, 0.3) is 10.9 Å². The fourth-order valence-corrected chi connectivity index (χ4v) is 2.74. The average molecular weight is 326 g/mol. The molecule has 1 unspecified atom stereocenters. The molecule has 6 heteroatoms. The van der Waals surface area contributed by atoms with E-state index < -0.39 is 0 Å². The lowest BCUT2D eigenvalue weighted by molar-refractivity contribution is -0.135. The number of carbonyl (C=O) groups excluding carboxylic acids is 1. The molecule has 4 nitrogen and oxygen atoms in total. The maximum absolute atomic E-state index is 12.1. The van der Waals surface area contributed by atoms with Gasteiger partial charge in [0.25, 0.3) is 0 Å². The molecule has 0 aliphatic carbocycles. The van der Waals surface area contributed by atoms with Crippen molar-refractivity contribution in [1.82, 2.24) is 15.2 Å². The van der Waals surface area contributed by atoms with Crippen LogP contribution in [0, 0.1) is 0 Å². The number of hydrogen-bond donors (Lipinski definition) is 1. The van der Waals surface area contributed by atoms with E-state index in [4.69, 9.17) is 11.6 Å². The van der Waals surface area contributed by atoms with E-state index in [2.05, 4.69) is 10.3 Å². The molecule has 1 saturated heterocycles. The predicted molar refractivity (Wildman–Crippen MR) is 86.9 cm³/mol. The molecule has 0 radical (unpaired) electrons. The normalized spacial score (nSPS) is 18.7. The van der Waals surface area contributed by atoms with Gasteiger partial charge in [-0.1, -0.05) is 23.7 Å². The van der Waals surface area contributed by atoms with E-state index in [-0.39, 0.29) is 24.4 Å². The molecular formula is C15H17Cl2N3O. The van der Waals surface area contributed by atoms with Crippen molar-refractivity contribution in [2.75, 3.05) is 13.1 Å². The van der Waals surface area contributed by atoms with Gasteiger partial charge in [0.1, 0.15) is 0 Å². The molecule has 112 valence electrons. The molecule has 1 fully saturated rings. The van der Waals surface area contributed by atoms with Crippen LogP contribution in [-0.2, 0) is 11.3 Å². The smallest absolute Gasteiger partial charge is 0.239 e. The number of aromatic nitrogens is 1. The van der Waals surface area contributed by atoms with Crippen molar-refractivity contribution >= 4 is 40.8 Å². The standard InChI is InChI=1S/C15H16ClN3O.ClH/c1-10-15(20)19(7-6-17-10)9-11-2-3-12-13(16)4-5-18-14(12)8-11;/h2-5,8,10,17H,6-7,9H2,1H3;1H.